The van der Waals surface area contributed by atoms with Crippen molar-refractivity contribution >= 4 is 10.9 Å². The van der Waals surface area contributed by atoms with Crippen LogP contribution < -0.4 is 5.32 Å². The van der Waals surface area contributed by atoms with Crippen LogP contribution in [-0.4, -0.2) is 44.6 Å². The van der Waals surface area contributed by atoms with E-state index in [1.54, 1.807) is 6.07 Å². The summed E-state index contributed by atoms with van der Waals surface area (Å²) in [6.07, 6.45) is 15.0. The molecule has 10 atom stereocenters. The summed E-state index contributed by atoms with van der Waals surface area (Å²) in [7, 11) is 0. The van der Waals surface area contributed by atoms with Gasteiger partial charge in [0.05, 0.1) is 11.7 Å². The molecule has 5 nitrogen and oxygen atoms in total. The molecule has 1 aromatic carbocycles. The van der Waals surface area contributed by atoms with Gasteiger partial charge in [0.1, 0.15) is 5.75 Å². The standard InChI is InChI=1S/C37H58N2O3/c1-23(2)7-6-8-24(3)30-10-11-31-29-20-34(38-18-15-25-22-39-33-12-9-26(40)19-28(25)33)37(42)21-27(41)13-17-36(37,5)32(29)14-16-35(30,31)4/h9,12,19,22-24,27,29-32,34,38-42H,6-8,10-11,13-18,20-21H2,1-5H3/t24-,27+,29+,30-,31+,32+,34-,35-,36-,37+/m1/s1. The summed E-state index contributed by atoms with van der Waals surface area (Å²) < 4.78 is 0. The monoisotopic (exact) mass is 578 g/mol. The van der Waals surface area contributed by atoms with E-state index in [2.05, 4.69) is 51.1 Å². The van der Waals surface area contributed by atoms with Gasteiger partial charge in [0, 0.05) is 35.0 Å². The molecule has 0 amide bonds. The molecule has 0 unspecified atom stereocenters. The third-order valence-electron chi connectivity index (χ3n) is 13.6. The van der Waals surface area contributed by atoms with Gasteiger partial charge in [-0.05, 0) is 123 Å². The number of benzene rings is 1. The summed E-state index contributed by atoms with van der Waals surface area (Å²) >= 11 is 0. The lowest BCUT2D eigenvalue weighted by atomic mass is 9.42. The molecule has 0 bridgehead atoms. The predicted octanol–water partition coefficient (Wildman–Crippen LogP) is 7.58. The average Bonchev–Trinajstić information content (AvgIpc) is 3.50. The van der Waals surface area contributed by atoms with Crippen molar-refractivity contribution in [2.24, 2.45) is 46.3 Å². The topological polar surface area (TPSA) is 88.5 Å². The van der Waals surface area contributed by atoms with E-state index >= 15 is 0 Å². The number of phenolic OH excluding ortho intramolecular Hbond substituents is 1. The molecule has 6 rings (SSSR count). The molecule has 4 aliphatic carbocycles. The third-order valence-corrected chi connectivity index (χ3v) is 13.6. The van der Waals surface area contributed by atoms with Crippen molar-refractivity contribution in [3.8, 4) is 5.75 Å². The van der Waals surface area contributed by atoms with Crippen LogP contribution in [0.25, 0.3) is 10.9 Å². The van der Waals surface area contributed by atoms with Crippen LogP contribution in [0, 0.1) is 46.3 Å². The number of hydrogen-bond donors (Lipinski definition) is 5. The van der Waals surface area contributed by atoms with Crippen LogP contribution in [0.1, 0.15) is 111 Å². The Balaban J connectivity index is 1.22. The average molecular weight is 579 g/mol. The number of rotatable bonds is 9. The normalized spacial score (nSPS) is 40.6. The van der Waals surface area contributed by atoms with E-state index in [1.807, 2.05) is 12.1 Å². The minimum absolute atomic E-state index is 0.0119. The molecule has 42 heavy (non-hydrogen) atoms. The maximum Gasteiger partial charge on any atom is 0.116 e. The lowest BCUT2D eigenvalue weighted by molar-refractivity contribution is -0.234. The first-order valence-electron chi connectivity index (χ1n) is 17.4. The van der Waals surface area contributed by atoms with Gasteiger partial charge in [0.15, 0.2) is 0 Å². The number of hydrogen-bond acceptors (Lipinski definition) is 4. The first-order chi connectivity index (χ1) is 20.0. The fraction of sp³-hybridized carbons (Fsp3) is 0.784. The number of nitrogens with one attached hydrogen (secondary N) is 2. The fourth-order valence-corrected chi connectivity index (χ4v) is 11.3. The van der Waals surface area contributed by atoms with Crippen LogP contribution >= 0.6 is 0 Å². The molecule has 1 heterocycles. The SMILES string of the molecule is CC(C)CCC[C@@H](C)[C@H]1CC[C@H]2[C@@H]3C[C@@H](NCCc4c[nH]c5ccc(O)cc45)[C@@]4(O)C[C@@H](O)CC[C@]4(C)[C@H]3CC[C@]12C. The predicted molar refractivity (Wildman–Crippen MR) is 171 cm³/mol. The van der Waals surface area contributed by atoms with Gasteiger partial charge in [-0.25, -0.2) is 0 Å². The van der Waals surface area contributed by atoms with Crippen LogP contribution in [0.5, 0.6) is 5.75 Å². The van der Waals surface area contributed by atoms with Gasteiger partial charge in [-0.3, -0.25) is 0 Å². The number of phenols is 1. The summed E-state index contributed by atoms with van der Waals surface area (Å²) in [5.74, 6) is 4.62. The second-order valence-electron chi connectivity index (χ2n) is 16.2. The van der Waals surface area contributed by atoms with Crippen molar-refractivity contribution in [3.05, 3.63) is 30.0 Å². The maximum atomic E-state index is 12.6. The van der Waals surface area contributed by atoms with Gasteiger partial charge >= 0.3 is 0 Å². The molecule has 0 radical (unpaired) electrons. The zero-order chi connectivity index (χ0) is 29.9. The lowest BCUT2D eigenvalue weighted by Gasteiger charge is -2.66. The molecule has 1 aromatic heterocycles. The number of aromatic nitrogens is 1. The number of aromatic hydroxyl groups is 1. The van der Waals surface area contributed by atoms with Crippen molar-refractivity contribution in [3.63, 3.8) is 0 Å². The second kappa shape index (κ2) is 11.4. The minimum Gasteiger partial charge on any atom is -0.508 e. The van der Waals surface area contributed by atoms with Crippen molar-refractivity contribution in [1.82, 2.24) is 10.3 Å². The maximum absolute atomic E-state index is 12.6. The summed E-state index contributed by atoms with van der Waals surface area (Å²) in [4.78, 5) is 3.34. The summed E-state index contributed by atoms with van der Waals surface area (Å²) in [5, 5.41) is 38.5. The van der Waals surface area contributed by atoms with Crippen LogP contribution in [-0.2, 0) is 6.42 Å². The van der Waals surface area contributed by atoms with E-state index in [4.69, 9.17) is 0 Å². The smallest absolute Gasteiger partial charge is 0.116 e. The minimum atomic E-state index is -0.889. The highest BCUT2D eigenvalue weighted by atomic mass is 16.3. The molecular weight excluding hydrogens is 520 g/mol. The highest BCUT2D eigenvalue weighted by molar-refractivity contribution is 5.84. The first-order valence-corrected chi connectivity index (χ1v) is 17.4. The first kappa shape index (κ1) is 30.5. The van der Waals surface area contributed by atoms with Crippen molar-refractivity contribution in [1.29, 1.82) is 0 Å². The van der Waals surface area contributed by atoms with Gasteiger partial charge in [-0.1, -0.05) is 53.9 Å². The zero-order valence-electron chi connectivity index (χ0n) is 27.0. The molecule has 2 aromatic rings. The zero-order valence-corrected chi connectivity index (χ0v) is 27.0. The Kier molecular flexibility index (Phi) is 8.28. The van der Waals surface area contributed by atoms with Crippen molar-refractivity contribution in [2.75, 3.05) is 6.54 Å². The van der Waals surface area contributed by atoms with Gasteiger partial charge in [0.2, 0.25) is 0 Å². The highest BCUT2D eigenvalue weighted by Gasteiger charge is 2.67. The van der Waals surface area contributed by atoms with Gasteiger partial charge in [-0.15, -0.1) is 0 Å². The van der Waals surface area contributed by atoms with Crippen molar-refractivity contribution < 1.29 is 15.3 Å². The van der Waals surface area contributed by atoms with Gasteiger partial charge < -0.3 is 25.6 Å². The Morgan fingerprint density at radius 3 is 2.62 bits per heavy atom. The van der Waals surface area contributed by atoms with Crippen LogP contribution in [0.3, 0.4) is 0 Å². The molecule has 0 aliphatic heterocycles. The Morgan fingerprint density at radius 1 is 1.02 bits per heavy atom. The van der Waals surface area contributed by atoms with E-state index in [1.165, 1.54) is 50.5 Å². The molecule has 0 spiro atoms. The fourth-order valence-electron chi connectivity index (χ4n) is 11.3. The highest BCUT2D eigenvalue weighted by Crippen LogP contribution is 2.69. The number of fused-ring (bicyclic) bond motifs is 6. The van der Waals surface area contributed by atoms with E-state index in [0.717, 1.165) is 66.8 Å². The Labute approximate surface area is 254 Å². The van der Waals surface area contributed by atoms with E-state index in [9.17, 15) is 15.3 Å². The Hall–Kier alpha value is -1.56. The second-order valence-corrected chi connectivity index (χ2v) is 16.2. The quantitative estimate of drug-likeness (QED) is 0.212. The molecule has 234 valence electrons. The van der Waals surface area contributed by atoms with E-state index in [-0.39, 0.29) is 11.5 Å². The van der Waals surface area contributed by atoms with Gasteiger partial charge in [0.25, 0.3) is 0 Å². The van der Waals surface area contributed by atoms with Gasteiger partial charge in [-0.2, -0.15) is 0 Å². The number of H-pyrrole nitrogens is 1. The molecular formula is C37H58N2O3. The molecule has 0 saturated heterocycles. The lowest BCUT2D eigenvalue weighted by Crippen LogP contribution is -2.71. The number of aromatic amines is 1. The largest absolute Gasteiger partial charge is 0.508 e. The molecule has 5 heteroatoms. The van der Waals surface area contributed by atoms with Crippen LogP contribution in [0.4, 0.5) is 0 Å². The Bertz CT molecular complexity index is 1240. The number of aliphatic hydroxyl groups is 2. The molecule has 4 fully saturated rings. The van der Waals surface area contributed by atoms with Crippen molar-refractivity contribution in [2.45, 2.75) is 129 Å². The van der Waals surface area contributed by atoms with E-state index in [0.29, 0.717) is 29.4 Å². The molecule has 5 N–H and O–H groups in total. The summed E-state index contributed by atoms with van der Waals surface area (Å²) in [5.41, 5.74) is 1.59. The number of aliphatic hydroxyl groups excluding tert-OH is 1. The van der Waals surface area contributed by atoms with Crippen LogP contribution in [0.2, 0.25) is 0 Å². The third kappa shape index (κ3) is 5.04. The van der Waals surface area contributed by atoms with Crippen LogP contribution in [0.15, 0.2) is 24.4 Å². The Morgan fingerprint density at radius 2 is 1.83 bits per heavy atom. The summed E-state index contributed by atoms with van der Waals surface area (Å²) in [6.45, 7) is 13.1. The molecule has 4 aliphatic rings. The summed E-state index contributed by atoms with van der Waals surface area (Å²) in [6, 6.07) is 5.49. The molecule has 4 saturated carbocycles. The van der Waals surface area contributed by atoms with E-state index < -0.39 is 11.7 Å².